The number of carboxylic acid groups (broad SMARTS) is 1. The van der Waals surface area contributed by atoms with E-state index in [2.05, 4.69) is 10.6 Å². The molecule has 3 rings (SSSR count). The van der Waals surface area contributed by atoms with E-state index in [0.29, 0.717) is 5.56 Å². The third kappa shape index (κ3) is 8.79. The molecule has 1 heterocycles. The minimum absolute atomic E-state index is 0.0445. The molecule has 1 aliphatic heterocycles. The number of alkyl carbamates (subject to hydrolysis) is 1. The van der Waals surface area contributed by atoms with Crippen LogP contribution in [-0.2, 0) is 25.7 Å². The van der Waals surface area contributed by atoms with Gasteiger partial charge in [0.2, 0.25) is 5.91 Å². The van der Waals surface area contributed by atoms with E-state index in [4.69, 9.17) is 9.47 Å². The van der Waals surface area contributed by atoms with Gasteiger partial charge in [0.05, 0.1) is 18.4 Å². The second-order valence-electron chi connectivity index (χ2n) is 10.2. The molecule has 10 heteroatoms. The van der Waals surface area contributed by atoms with E-state index in [9.17, 15) is 24.3 Å². The van der Waals surface area contributed by atoms with Crippen molar-refractivity contribution >= 4 is 24.1 Å². The van der Waals surface area contributed by atoms with Crippen LogP contribution in [-0.4, -0.2) is 52.4 Å². The van der Waals surface area contributed by atoms with Crippen LogP contribution in [0.4, 0.5) is 9.59 Å². The molecule has 3 atom stereocenters. The van der Waals surface area contributed by atoms with Gasteiger partial charge < -0.3 is 25.2 Å². The largest absolute Gasteiger partial charge is 0.481 e. The number of nitrogens with zero attached hydrogens (tertiary/aromatic N) is 1. The molecule has 3 N–H and O–H groups in total. The van der Waals surface area contributed by atoms with Gasteiger partial charge in [0.15, 0.2) is 0 Å². The summed E-state index contributed by atoms with van der Waals surface area (Å²) in [6.07, 6.45) is -2.04. The first-order chi connectivity index (χ1) is 18.0. The van der Waals surface area contributed by atoms with Gasteiger partial charge >= 0.3 is 18.2 Å². The van der Waals surface area contributed by atoms with Crippen LogP contribution in [0, 0.1) is 5.92 Å². The summed E-state index contributed by atoms with van der Waals surface area (Å²) < 4.78 is 10.8. The summed E-state index contributed by atoms with van der Waals surface area (Å²) in [7, 11) is 0. The molecule has 3 amide bonds. The van der Waals surface area contributed by atoms with Crippen LogP contribution in [0.15, 0.2) is 60.7 Å². The van der Waals surface area contributed by atoms with E-state index in [1.54, 1.807) is 45.0 Å². The number of hydrogen-bond donors (Lipinski definition) is 3. The predicted molar refractivity (Wildman–Crippen MR) is 139 cm³/mol. The molecule has 0 spiro atoms. The van der Waals surface area contributed by atoms with Gasteiger partial charge in [-0.05, 0) is 44.7 Å². The van der Waals surface area contributed by atoms with Gasteiger partial charge in [-0.25, -0.2) is 9.59 Å². The van der Waals surface area contributed by atoms with Crippen molar-refractivity contribution in [2.75, 3.05) is 6.54 Å². The number of amides is 3. The first-order valence-electron chi connectivity index (χ1n) is 12.6. The lowest BCUT2D eigenvalue weighted by molar-refractivity contribution is -0.145. The number of ether oxygens (including phenoxy) is 2. The highest BCUT2D eigenvalue weighted by atomic mass is 16.6. The molecular formula is C28H35N3O7. The lowest BCUT2D eigenvalue weighted by atomic mass is 9.94. The topological polar surface area (TPSA) is 134 Å². The molecule has 1 aliphatic rings. The first-order valence-corrected chi connectivity index (χ1v) is 12.6. The van der Waals surface area contributed by atoms with Gasteiger partial charge in [0.1, 0.15) is 18.4 Å². The van der Waals surface area contributed by atoms with Crippen molar-refractivity contribution < 1.29 is 33.8 Å². The van der Waals surface area contributed by atoms with Gasteiger partial charge in [-0.3, -0.25) is 14.5 Å². The molecule has 10 nitrogen and oxygen atoms in total. The van der Waals surface area contributed by atoms with Gasteiger partial charge in [-0.2, -0.15) is 0 Å². The van der Waals surface area contributed by atoms with Gasteiger partial charge in [-0.15, -0.1) is 0 Å². The molecule has 0 bridgehead atoms. The van der Waals surface area contributed by atoms with E-state index in [-0.39, 0.29) is 32.4 Å². The molecular weight excluding hydrogens is 490 g/mol. The number of benzene rings is 2. The number of aliphatic carboxylic acids is 1. The Morgan fingerprint density at radius 2 is 1.66 bits per heavy atom. The average Bonchev–Trinajstić information content (AvgIpc) is 2.87. The lowest BCUT2D eigenvalue weighted by Gasteiger charge is -2.39. The summed E-state index contributed by atoms with van der Waals surface area (Å²) in [5, 5.41) is 15.0. The normalized spacial score (nSPS) is 18.1. The summed E-state index contributed by atoms with van der Waals surface area (Å²) in [5.41, 5.74) is 0.761. The zero-order chi connectivity index (χ0) is 27.7. The Hall–Kier alpha value is -4.08. The molecule has 0 aromatic heterocycles. The van der Waals surface area contributed by atoms with Crippen molar-refractivity contribution in [3.8, 4) is 0 Å². The smallest absolute Gasteiger partial charge is 0.411 e. The fraction of sp³-hybridized carbons (Fsp3) is 0.429. The number of carbonyl (C=O) groups is 4. The highest BCUT2D eigenvalue weighted by molar-refractivity contribution is 5.79. The standard InChI is InChI=1S/C28H35N3O7/c1-28(2,3)38-27(36)31-15-14-21(25(33)34)16-23(31)30-24(32)17-22(20-12-8-5-9-13-20)29-26(35)37-18-19-10-6-4-7-11-19/h4-13,21-23H,14-18H2,1-3H3,(H,29,35)(H,30,32)(H,33,34). The minimum atomic E-state index is -0.988. The number of carboxylic acids is 1. The molecule has 0 aliphatic carbocycles. The molecule has 2 aromatic rings. The van der Waals surface area contributed by atoms with Crippen molar-refractivity contribution in [2.24, 2.45) is 5.92 Å². The summed E-state index contributed by atoms with van der Waals surface area (Å²) in [6.45, 7) is 5.40. The van der Waals surface area contributed by atoms with Crippen molar-refractivity contribution in [3.05, 3.63) is 71.8 Å². The summed E-state index contributed by atoms with van der Waals surface area (Å²) >= 11 is 0. The summed E-state index contributed by atoms with van der Waals surface area (Å²) in [5.74, 6) is -2.17. The van der Waals surface area contributed by atoms with E-state index in [1.165, 1.54) is 4.90 Å². The fourth-order valence-electron chi connectivity index (χ4n) is 4.14. The molecule has 0 saturated carbocycles. The highest BCUT2D eigenvalue weighted by Crippen LogP contribution is 2.25. The Bertz CT molecular complexity index is 1100. The lowest BCUT2D eigenvalue weighted by Crippen LogP contribution is -2.56. The fourth-order valence-corrected chi connectivity index (χ4v) is 4.14. The van der Waals surface area contributed by atoms with Crippen molar-refractivity contribution in [2.45, 2.75) is 64.4 Å². The van der Waals surface area contributed by atoms with Gasteiger partial charge in [0, 0.05) is 6.54 Å². The van der Waals surface area contributed by atoms with Crippen LogP contribution in [0.5, 0.6) is 0 Å². The monoisotopic (exact) mass is 525 g/mol. The molecule has 1 fully saturated rings. The Morgan fingerprint density at radius 1 is 1.03 bits per heavy atom. The Labute approximate surface area is 222 Å². The van der Waals surface area contributed by atoms with E-state index in [1.807, 2.05) is 36.4 Å². The number of hydrogen-bond acceptors (Lipinski definition) is 6. The van der Waals surface area contributed by atoms with Crippen LogP contribution in [0.2, 0.25) is 0 Å². The predicted octanol–water partition coefficient (Wildman–Crippen LogP) is 4.22. The van der Waals surface area contributed by atoms with Crippen LogP contribution in [0.3, 0.4) is 0 Å². The highest BCUT2D eigenvalue weighted by Gasteiger charge is 2.38. The third-order valence-electron chi connectivity index (χ3n) is 6.00. The molecule has 204 valence electrons. The first kappa shape index (κ1) is 28.5. The van der Waals surface area contributed by atoms with Crippen molar-refractivity contribution in [1.82, 2.24) is 15.5 Å². The van der Waals surface area contributed by atoms with Gasteiger partial charge in [0.25, 0.3) is 0 Å². The number of piperidine rings is 1. The quantitative estimate of drug-likeness (QED) is 0.470. The second kappa shape index (κ2) is 12.9. The molecule has 3 unspecified atom stereocenters. The molecule has 0 radical (unpaired) electrons. The number of likely N-dealkylation sites (tertiary alicyclic amines) is 1. The average molecular weight is 526 g/mol. The second-order valence-corrected chi connectivity index (χ2v) is 10.2. The summed E-state index contributed by atoms with van der Waals surface area (Å²) in [6, 6.07) is 17.5. The van der Waals surface area contributed by atoms with Crippen LogP contribution in [0.25, 0.3) is 0 Å². The molecule has 2 aromatic carbocycles. The maximum Gasteiger partial charge on any atom is 0.411 e. The van der Waals surface area contributed by atoms with Crippen molar-refractivity contribution in [1.29, 1.82) is 0 Å². The molecule has 1 saturated heterocycles. The van der Waals surface area contributed by atoms with E-state index >= 15 is 0 Å². The van der Waals surface area contributed by atoms with Crippen molar-refractivity contribution in [3.63, 3.8) is 0 Å². The Morgan fingerprint density at radius 3 is 2.26 bits per heavy atom. The summed E-state index contributed by atoms with van der Waals surface area (Å²) in [4.78, 5) is 51.5. The van der Waals surface area contributed by atoms with E-state index in [0.717, 1.165) is 5.56 Å². The maximum atomic E-state index is 13.2. The van der Waals surface area contributed by atoms with Gasteiger partial charge in [-0.1, -0.05) is 60.7 Å². The van der Waals surface area contributed by atoms with Crippen LogP contribution < -0.4 is 10.6 Å². The minimum Gasteiger partial charge on any atom is -0.481 e. The number of nitrogens with one attached hydrogen (secondary N) is 2. The van der Waals surface area contributed by atoms with Crippen LogP contribution in [0.1, 0.15) is 57.2 Å². The SMILES string of the molecule is CC(C)(C)OC(=O)N1CCC(C(=O)O)CC1NC(=O)CC(NC(=O)OCc1ccccc1)c1ccccc1. The Kier molecular flexibility index (Phi) is 9.70. The number of rotatable bonds is 8. The Balaban J connectivity index is 1.69. The maximum absolute atomic E-state index is 13.2. The molecule has 38 heavy (non-hydrogen) atoms. The van der Waals surface area contributed by atoms with E-state index < -0.39 is 47.8 Å². The number of carbonyl (C=O) groups excluding carboxylic acids is 3. The zero-order valence-electron chi connectivity index (χ0n) is 21.9. The zero-order valence-corrected chi connectivity index (χ0v) is 21.9. The van der Waals surface area contributed by atoms with Crippen LogP contribution >= 0.6 is 0 Å². The third-order valence-corrected chi connectivity index (χ3v) is 6.00.